The standard InChI is InChI=1S/C11H24N4O2S/c1-8(2)10(11(12)13)14-18(16,17)15-6-4-5-9(3)7-15/h8-10,14H,4-7H2,1-3H3,(H3,12,13). The van der Waals surface area contributed by atoms with Crippen LogP contribution >= 0.6 is 0 Å². The zero-order valence-electron chi connectivity index (χ0n) is 11.3. The second-order valence-corrected chi connectivity index (χ2v) is 7.11. The van der Waals surface area contributed by atoms with Crippen molar-refractivity contribution in [2.75, 3.05) is 13.1 Å². The van der Waals surface area contributed by atoms with Crippen LogP contribution in [0.1, 0.15) is 33.6 Å². The number of nitrogens with two attached hydrogens (primary N) is 1. The lowest BCUT2D eigenvalue weighted by molar-refractivity contribution is 0.276. The van der Waals surface area contributed by atoms with Gasteiger partial charge in [-0.2, -0.15) is 17.4 Å². The van der Waals surface area contributed by atoms with Gasteiger partial charge in [0.25, 0.3) is 10.2 Å². The van der Waals surface area contributed by atoms with Crippen LogP contribution in [-0.2, 0) is 10.2 Å². The van der Waals surface area contributed by atoms with Crippen molar-refractivity contribution in [2.45, 2.75) is 39.7 Å². The smallest absolute Gasteiger partial charge is 0.280 e. The topological polar surface area (TPSA) is 99.3 Å². The van der Waals surface area contributed by atoms with Crippen LogP contribution in [0.3, 0.4) is 0 Å². The Morgan fingerprint density at radius 2 is 2.11 bits per heavy atom. The first kappa shape index (κ1) is 15.4. The molecule has 7 heteroatoms. The van der Waals surface area contributed by atoms with E-state index in [1.54, 1.807) is 0 Å². The fourth-order valence-electron chi connectivity index (χ4n) is 2.16. The van der Waals surface area contributed by atoms with E-state index in [4.69, 9.17) is 11.1 Å². The number of nitrogens with zero attached hydrogens (tertiary/aromatic N) is 1. The molecule has 2 atom stereocenters. The number of nitrogens with one attached hydrogen (secondary N) is 2. The molecule has 4 N–H and O–H groups in total. The summed E-state index contributed by atoms with van der Waals surface area (Å²) >= 11 is 0. The van der Waals surface area contributed by atoms with Gasteiger partial charge in [-0.3, -0.25) is 5.41 Å². The van der Waals surface area contributed by atoms with Gasteiger partial charge in [0.2, 0.25) is 0 Å². The summed E-state index contributed by atoms with van der Waals surface area (Å²) in [6, 6.07) is -0.632. The quantitative estimate of drug-likeness (QED) is 0.504. The van der Waals surface area contributed by atoms with Crippen LogP contribution in [0, 0.1) is 17.2 Å². The molecule has 1 aliphatic rings. The minimum atomic E-state index is -3.54. The number of hydrogen-bond acceptors (Lipinski definition) is 3. The Hall–Kier alpha value is -0.660. The third kappa shape index (κ3) is 3.93. The molecular formula is C11H24N4O2S. The first-order chi connectivity index (χ1) is 8.24. The molecule has 0 aliphatic carbocycles. The summed E-state index contributed by atoms with van der Waals surface area (Å²) in [4.78, 5) is 0. The van der Waals surface area contributed by atoms with Crippen LogP contribution in [0.5, 0.6) is 0 Å². The summed E-state index contributed by atoms with van der Waals surface area (Å²) in [7, 11) is -3.54. The number of amidine groups is 1. The fourth-order valence-corrected chi connectivity index (χ4v) is 3.85. The van der Waals surface area contributed by atoms with Gasteiger partial charge >= 0.3 is 0 Å². The molecule has 1 rings (SSSR count). The highest BCUT2D eigenvalue weighted by Crippen LogP contribution is 2.18. The van der Waals surface area contributed by atoms with Gasteiger partial charge in [-0.05, 0) is 24.7 Å². The van der Waals surface area contributed by atoms with Crippen LogP contribution in [0.25, 0.3) is 0 Å². The monoisotopic (exact) mass is 276 g/mol. The maximum absolute atomic E-state index is 12.2. The van der Waals surface area contributed by atoms with Crippen molar-refractivity contribution >= 4 is 16.0 Å². The van der Waals surface area contributed by atoms with E-state index in [9.17, 15) is 8.42 Å². The summed E-state index contributed by atoms with van der Waals surface area (Å²) in [6.45, 7) is 6.81. The first-order valence-corrected chi connectivity index (χ1v) is 7.79. The highest BCUT2D eigenvalue weighted by Gasteiger charge is 2.30. The fraction of sp³-hybridized carbons (Fsp3) is 0.909. The number of rotatable bonds is 5. The molecule has 0 aromatic heterocycles. The van der Waals surface area contributed by atoms with Gasteiger partial charge in [0.1, 0.15) is 5.84 Å². The van der Waals surface area contributed by atoms with Gasteiger partial charge in [-0.15, -0.1) is 0 Å². The third-order valence-corrected chi connectivity index (χ3v) is 4.80. The predicted molar refractivity (Wildman–Crippen MR) is 72.6 cm³/mol. The van der Waals surface area contributed by atoms with E-state index >= 15 is 0 Å². The summed E-state index contributed by atoms with van der Waals surface area (Å²) < 4.78 is 28.4. The second kappa shape index (κ2) is 5.99. The Bertz CT molecular complexity index is 394. The average Bonchev–Trinajstić information content (AvgIpc) is 2.25. The van der Waals surface area contributed by atoms with Crippen molar-refractivity contribution in [3.63, 3.8) is 0 Å². The largest absolute Gasteiger partial charge is 0.386 e. The van der Waals surface area contributed by atoms with E-state index in [0.29, 0.717) is 19.0 Å². The van der Waals surface area contributed by atoms with Gasteiger partial charge in [-0.25, -0.2) is 0 Å². The lowest BCUT2D eigenvalue weighted by Gasteiger charge is -2.32. The Balaban J connectivity index is 2.77. The molecule has 0 amide bonds. The zero-order valence-corrected chi connectivity index (χ0v) is 12.1. The van der Waals surface area contributed by atoms with Gasteiger partial charge in [0.15, 0.2) is 0 Å². The molecule has 0 spiro atoms. The van der Waals surface area contributed by atoms with Crippen molar-refractivity contribution in [3.8, 4) is 0 Å². The average molecular weight is 276 g/mol. The summed E-state index contributed by atoms with van der Waals surface area (Å²) in [5, 5.41) is 7.45. The van der Waals surface area contributed by atoms with Gasteiger partial charge in [-0.1, -0.05) is 20.8 Å². The molecule has 0 saturated carbocycles. The number of piperidine rings is 1. The van der Waals surface area contributed by atoms with Crippen LogP contribution in [0.2, 0.25) is 0 Å². The van der Waals surface area contributed by atoms with E-state index in [2.05, 4.69) is 4.72 Å². The molecule has 18 heavy (non-hydrogen) atoms. The second-order valence-electron chi connectivity index (χ2n) is 5.41. The van der Waals surface area contributed by atoms with E-state index < -0.39 is 16.3 Å². The van der Waals surface area contributed by atoms with Crippen LogP contribution in [0.15, 0.2) is 0 Å². The Morgan fingerprint density at radius 3 is 2.56 bits per heavy atom. The molecule has 1 heterocycles. The Kier molecular flexibility index (Phi) is 5.12. The Morgan fingerprint density at radius 1 is 1.50 bits per heavy atom. The maximum atomic E-state index is 12.2. The van der Waals surface area contributed by atoms with Crippen molar-refractivity contribution in [1.29, 1.82) is 5.41 Å². The molecule has 0 aromatic rings. The summed E-state index contributed by atoms with van der Waals surface area (Å²) in [5.41, 5.74) is 5.44. The summed E-state index contributed by atoms with van der Waals surface area (Å²) in [6.07, 6.45) is 1.95. The highest BCUT2D eigenvalue weighted by atomic mass is 32.2. The normalized spacial score (nSPS) is 24.1. The lowest BCUT2D eigenvalue weighted by atomic mass is 10.0. The van der Waals surface area contributed by atoms with E-state index in [-0.39, 0.29) is 11.8 Å². The van der Waals surface area contributed by atoms with Gasteiger partial charge < -0.3 is 5.73 Å². The molecule has 1 saturated heterocycles. The number of hydrogen-bond donors (Lipinski definition) is 3. The minimum Gasteiger partial charge on any atom is -0.386 e. The van der Waals surface area contributed by atoms with Gasteiger partial charge in [0, 0.05) is 13.1 Å². The van der Waals surface area contributed by atoms with Crippen LogP contribution < -0.4 is 10.5 Å². The van der Waals surface area contributed by atoms with Crippen molar-refractivity contribution in [1.82, 2.24) is 9.03 Å². The highest BCUT2D eigenvalue weighted by molar-refractivity contribution is 7.87. The predicted octanol–water partition coefficient (Wildman–Crippen LogP) is 0.513. The first-order valence-electron chi connectivity index (χ1n) is 6.35. The third-order valence-electron chi connectivity index (χ3n) is 3.24. The molecule has 106 valence electrons. The molecule has 6 nitrogen and oxygen atoms in total. The zero-order chi connectivity index (χ0) is 13.9. The van der Waals surface area contributed by atoms with E-state index in [1.807, 2.05) is 20.8 Å². The summed E-state index contributed by atoms with van der Waals surface area (Å²) in [5.74, 6) is 0.197. The molecule has 0 radical (unpaired) electrons. The van der Waals surface area contributed by atoms with Crippen LogP contribution in [-0.4, -0.2) is 37.7 Å². The molecule has 0 aromatic carbocycles. The molecular weight excluding hydrogens is 252 g/mol. The van der Waals surface area contributed by atoms with E-state index in [1.165, 1.54) is 4.31 Å². The van der Waals surface area contributed by atoms with Crippen molar-refractivity contribution in [3.05, 3.63) is 0 Å². The van der Waals surface area contributed by atoms with Gasteiger partial charge in [0.05, 0.1) is 6.04 Å². The molecule has 0 bridgehead atoms. The van der Waals surface area contributed by atoms with Crippen LogP contribution in [0.4, 0.5) is 0 Å². The minimum absolute atomic E-state index is 0.0421. The molecule has 2 unspecified atom stereocenters. The van der Waals surface area contributed by atoms with E-state index in [0.717, 1.165) is 12.8 Å². The maximum Gasteiger partial charge on any atom is 0.280 e. The SMILES string of the molecule is CC1CCCN(S(=O)(=O)NC(C(=N)N)C(C)C)C1. The lowest BCUT2D eigenvalue weighted by Crippen LogP contribution is -2.53. The Labute approximate surface area is 110 Å². The van der Waals surface area contributed by atoms with Crippen molar-refractivity contribution < 1.29 is 8.42 Å². The molecule has 1 fully saturated rings. The van der Waals surface area contributed by atoms with Crippen molar-refractivity contribution in [2.24, 2.45) is 17.6 Å². The molecule has 1 aliphatic heterocycles.